The van der Waals surface area contributed by atoms with E-state index in [0.717, 1.165) is 34.0 Å². The molecule has 0 spiro atoms. The van der Waals surface area contributed by atoms with Crippen LogP contribution in [0.1, 0.15) is 40.2 Å². The number of hydrogen-bond acceptors (Lipinski definition) is 5. The molecule has 0 unspecified atom stereocenters. The molecule has 0 atom stereocenters. The van der Waals surface area contributed by atoms with Crippen LogP contribution in [-0.2, 0) is 5.41 Å². The van der Waals surface area contributed by atoms with Gasteiger partial charge in [-0.1, -0.05) is 93.6 Å². The second-order valence-corrected chi connectivity index (χ2v) is 11.0. The molecule has 6 aromatic rings. The Morgan fingerprint density at radius 2 is 1.07 bits per heavy atom. The predicted octanol–water partition coefficient (Wildman–Crippen LogP) is 9.00. The van der Waals surface area contributed by atoms with E-state index < -0.39 is 0 Å². The monoisotopic (exact) mass is 564 g/mol. The van der Waals surface area contributed by atoms with Crippen LogP contribution in [0.5, 0.6) is 0 Å². The summed E-state index contributed by atoms with van der Waals surface area (Å²) in [4.78, 5) is 14.4. The minimum absolute atomic E-state index is 0.0955. The van der Waals surface area contributed by atoms with Crippen molar-refractivity contribution >= 4 is 0 Å². The average molecular weight is 565 g/mol. The van der Waals surface area contributed by atoms with E-state index in [0.29, 0.717) is 17.3 Å². The van der Waals surface area contributed by atoms with E-state index in [2.05, 4.69) is 60.2 Å². The lowest BCUT2D eigenvalue weighted by Crippen LogP contribution is -2.10. The quantitative estimate of drug-likeness (QED) is 0.195. The van der Waals surface area contributed by atoms with Crippen molar-refractivity contribution in [3.05, 3.63) is 133 Å². The minimum Gasteiger partial charge on any atom is -0.272 e. The van der Waals surface area contributed by atoms with Crippen LogP contribution in [0, 0.1) is 0 Å². The summed E-state index contributed by atoms with van der Waals surface area (Å²) in [6, 6.07) is 36.4. The van der Waals surface area contributed by atoms with Gasteiger partial charge in [-0.25, -0.2) is 9.97 Å². The summed E-state index contributed by atoms with van der Waals surface area (Å²) in [5.74, 6) is 1.28. The summed E-state index contributed by atoms with van der Waals surface area (Å²) in [5, 5.41) is 9.22. The smallest absolute Gasteiger partial charge is 0.187 e. The lowest BCUT2D eigenvalue weighted by molar-refractivity contribution is 0.590. The lowest BCUT2D eigenvalue weighted by atomic mass is 9.86. The Morgan fingerprint density at radius 3 is 1.63 bits per heavy atom. The first-order valence-corrected chi connectivity index (χ1v) is 14.4. The Balaban J connectivity index is 0.000000868. The lowest BCUT2D eigenvalue weighted by Gasteiger charge is -2.19. The fraction of sp³-hybridized carbons (Fsp3) is 0.162. The molecule has 0 aliphatic rings. The van der Waals surface area contributed by atoms with Gasteiger partial charge >= 0.3 is 0 Å². The SMILES string of the molecule is C/C=C\C.CC(C)(C)c1ccc(-c2cccc(-c3nnc(-c4cccc(-c5ccccn5)n4)n3-c3ccccc3)n2)cc1. The van der Waals surface area contributed by atoms with Crippen molar-refractivity contribution in [2.24, 2.45) is 0 Å². The summed E-state index contributed by atoms with van der Waals surface area (Å²) in [5.41, 5.74) is 7.26. The normalized spacial score (nSPS) is 11.3. The van der Waals surface area contributed by atoms with Gasteiger partial charge in [0.05, 0.1) is 17.1 Å². The molecular formula is C37H36N6. The summed E-state index contributed by atoms with van der Waals surface area (Å²) < 4.78 is 2.01. The molecule has 0 N–H and O–H groups in total. The van der Waals surface area contributed by atoms with Gasteiger partial charge in [0.25, 0.3) is 0 Å². The van der Waals surface area contributed by atoms with Crippen LogP contribution in [0.4, 0.5) is 0 Å². The molecule has 0 fully saturated rings. The molecule has 0 amide bonds. The molecule has 0 saturated heterocycles. The largest absolute Gasteiger partial charge is 0.272 e. The number of para-hydroxylation sites is 1. The maximum atomic E-state index is 5.01. The van der Waals surface area contributed by atoms with Crippen LogP contribution < -0.4 is 0 Å². The molecule has 4 aromatic heterocycles. The van der Waals surface area contributed by atoms with E-state index in [4.69, 9.17) is 9.97 Å². The van der Waals surface area contributed by atoms with Gasteiger partial charge in [-0.05, 0) is 73.4 Å². The zero-order valence-electron chi connectivity index (χ0n) is 25.3. The van der Waals surface area contributed by atoms with Crippen molar-refractivity contribution in [3.63, 3.8) is 0 Å². The van der Waals surface area contributed by atoms with E-state index in [-0.39, 0.29) is 5.41 Å². The van der Waals surface area contributed by atoms with E-state index in [1.54, 1.807) is 6.20 Å². The summed E-state index contributed by atoms with van der Waals surface area (Å²) in [6.45, 7) is 10.7. The summed E-state index contributed by atoms with van der Waals surface area (Å²) in [6.07, 6.45) is 5.77. The standard InChI is InChI=1S/C33H28N6.C4H8/c1-33(2,3)24-20-18-23(19-21-24)26-14-9-16-29(35-26)31-37-38-32(39(31)25-11-5-4-6-12-25)30-17-10-15-28(36-30)27-13-7-8-22-34-27;1-3-4-2/h4-22H,1-3H3;3-4H,1-2H3/b;4-3-. The fourth-order valence-electron chi connectivity index (χ4n) is 4.51. The number of pyridine rings is 3. The molecular weight excluding hydrogens is 528 g/mol. The first-order valence-electron chi connectivity index (χ1n) is 14.4. The molecule has 2 aromatic carbocycles. The highest BCUT2D eigenvalue weighted by Crippen LogP contribution is 2.30. The van der Waals surface area contributed by atoms with Gasteiger partial charge in [-0.3, -0.25) is 9.55 Å². The van der Waals surface area contributed by atoms with Crippen molar-refractivity contribution in [2.45, 2.75) is 40.0 Å². The van der Waals surface area contributed by atoms with Gasteiger partial charge in [-0.2, -0.15) is 0 Å². The highest BCUT2D eigenvalue weighted by atomic mass is 15.3. The van der Waals surface area contributed by atoms with Crippen LogP contribution >= 0.6 is 0 Å². The van der Waals surface area contributed by atoms with Crippen molar-refractivity contribution in [1.82, 2.24) is 29.7 Å². The van der Waals surface area contributed by atoms with Gasteiger partial charge in [0.1, 0.15) is 11.4 Å². The highest BCUT2D eigenvalue weighted by Gasteiger charge is 2.20. The molecule has 6 rings (SSSR count). The predicted molar refractivity (Wildman–Crippen MR) is 176 cm³/mol. The molecule has 43 heavy (non-hydrogen) atoms. The van der Waals surface area contributed by atoms with Crippen LogP contribution in [0.3, 0.4) is 0 Å². The zero-order chi connectivity index (χ0) is 30.2. The highest BCUT2D eigenvalue weighted by molar-refractivity contribution is 5.68. The van der Waals surface area contributed by atoms with E-state index >= 15 is 0 Å². The van der Waals surface area contributed by atoms with E-state index in [9.17, 15) is 0 Å². The average Bonchev–Trinajstić information content (AvgIpc) is 3.51. The second-order valence-electron chi connectivity index (χ2n) is 11.0. The maximum Gasteiger partial charge on any atom is 0.187 e. The molecule has 0 saturated carbocycles. The Bertz CT molecular complexity index is 1790. The van der Waals surface area contributed by atoms with Crippen LogP contribution in [0.2, 0.25) is 0 Å². The molecule has 0 radical (unpaired) electrons. The van der Waals surface area contributed by atoms with Gasteiger partial charge in [0.2, 0.25) is 0 Å². The Kier molecular flexibility index (Phi) is 8.96. The van der Waals surface area contributed by atoms with Crippen LogP contribution in [0.25, 0.3) is 51.4 Å². The van der Waals surface area contributed by atoms with Crippen molar-refractivity contribution in [3.8, 4) is 51.4 Å². The van der Waals surface area contributed by atoms with E-state index in [1.165, 1.54) is 5.56 Å². The van der Waals surface area contributed by atoms with Crippen molar-refractivity contribution < 1.29 is 0 Å². The van der Waals surface area contributed by atoms with Crippen LogP contribution in [0.15, 0.2) is 128 Å². The van der Waals surface area contributed by atoms with Crippen molar-refractivity contribution in [1.29, 1.82) is 0 Å². The first-order chi connectivity index (χ1) is 20.9. The molecule has 0 aliphatic carbocycles. The number of rotatable bonds is 5. The van der Waals surface area contributed by atoms with Crippen LogP contribution in [-0.4, -0.2) is 29.7 Å². The fourth-order valence-corrected chi connectivity index (χ4v) is 4.51. The van der Waals surface area contributed by atoms with Gasteiger partial charge in [-0.15, -0.1) is 10.2 Å². The van der Waals surface area contributed by atoms with Gasteiger partial charge < -0.3 is 0 Å². The van der Waals surface area contributed by atoms with Crippen molar-refractivity contribution in [2.75, 3.05) is 0 Å². The number of allylic oxidation sites excluding steroid dienone is 2. The van der Waals surface area contributed by atoms with E-state index in [1.807, 2.05) is 115 Å². The molecule has 0 bridgehead atoms. The molecule has 4 heterocycles. The zero-order valence-corrected chi connectivity index (χ0v) is 25.3. The Morgan fingerprint density at radius 1 is 0.535 bits per heavy atom. The van der Waals surface area contributed by atoms with Gasteiger partial charge in [0, 0.05) is 17.4 Å². The summed E-state index contributed by atoms with van der Waals surface area (Å²) in [7, 11) is 0. The third kappa shape index (κ3) is 6.81. The third-order valence-corrected chi connectivity index (χ3v) is 6.94. The molecule has 6 heteroatoms. The topological polar surface area (TPSA) is 69.4 Å². The molecule has 6 nitrogen and oxygen atoms in total. The molecule has 0 aliphatic heterocycles. The Hall–Kier alpha value is -5.23. The Labute approximate surface area is 253 Å². The number of aromatic nitrogens is 6. The maximum absolute atomic E-state index is 5.01. The number of benzene rings is 2. The third-order valence-electron chi connectivity index (χ3n) is 6.94. The van der Waals surface area contributed by atoms with Gasteiger partial charge in [0.15, 0.2) is 11.6 Å². The number of nitrogens with zero attached hydrogens (tertiary/aromatic N) is 6. The minimum atomic E-state index is 0.0955. The molecule has 214 valence electrons. The second kappa shape index (κ2) is 13.2. The number of hydrogen-bond donors (Lipinski definition) is 0. The summed E-state index contributed by atoms with van der Waals surface area (Å²) >= 11 is 0. The first kappa shape index (κ1) is 29.3.